The van der Waals surface area contributed by atoms with Crippen molar-refractivity contribution in [2.45, 2.75) is 64.2 Å². The summed E-state index contributed by atoms with van der Waals surface area (Å²) in [6.45, 7) is 2.25. The van der Waals surface area contributed by atoms with Crippen LogP contribution in [0, 0.1) is 5.92 Å². The lowest BCUT2D eigenvalue weighted by molar-refractivity contribution is 0.303. The van der Waals surface area contributed by atoms with Crippen LogP contribution in [0.2, 0.25) is 0 Å². The molecule has 0 amide bonds. The number of benzene rings is 1. The monoisotopic (exact) mass is 292 g/mol. The van der Waals surface area contributed by atoms with Crippen molar-refractivity contribution in [2.24, 2.45) is 5.92 Å². The van der Waals surface area contributed by atoms with Crippen LogP contribution in [0.5, 0.6) is 0 Å². The maximum Gasteiger partial charge on any atom is 0.158 e. The summed E-state index contributed by atoms with van der Waals surface area (Å²) in [5.74, 6) is 0.707. The van der Waals surface area contributed by atoms with Crippen molar-refractivity contribution in [2.75, 3.05) is 0 Å². The Morgan fingerprint density at radius 1 is 1.10 bits per heavy atom. The van der Waals surface area contributed by atoms with Crippen LogP contribution in [0.25, 0.3) is 5.83 Å². The van der Waals surface area contributed by atoms with Gasteiger partial charge >= 0.3 is 0 Å². The van der Waals surface area contributed by atoms with Crippen LogP contribution in [-0.4, -0.2) is 0 Å². The smallest absolute Gasteiger partial charge is 0.158 e. The predicted octanol–water partition coefficient (Wildman–Crippen LogP) is 6.78. The normalized spacial score (nSPS) is 23.3. The van der Waals surface area contributed by atoms with Gasteiger partial charge in [-0.2, -0.15) is 0 Å². The van der Waals surface area contributed by atoms with Crippen molar-refractivity contribution in [3.63, 3.8) is 0 Å². The first-order chi connectivity index (χ1) is 10.2. The van der Waals surface area contributed by atoms with E-state index >= 15 is 0 Å². The third kappa shape index (κ3) is 4.66. The van der Waals surface area contributed by atoms with Crippen LogP contribution in [-0.2, 0) is 0 Å². The van der Waals surface area contributed by atoms with Crippen molar-refractivity contribution in [3.8, 4) is 0 Å². The Labute approximate surface area is 127 Å². The summed E-state index contributed by atoms with van der Waals surface area (Å²) in [5.41, 5.74) is 1.60. The molecule has 0 saturated heterocycles. The Morgan fingerprint density at radius 3 is 2.33 bits per heavy atom. The number of halogens is 2. The minimum Gasteiger partial charge on any atom is -0.212 e. The van der Waals surface area contributed by atoms with Gasteiger partial charge in [-0.3, -0.25) is 0 Å². The topological polar surface area (TPSA) is 0 Å². The summed E-state index contributed by atoms with van der Waals surface area (Å²) < 4.78 is 25.3. The molecule has 1 fully saturated rings. The molecule has 0 aliphatic heterocycles. The van der Waals surface area contributed by atoms with E-state index in [9.17, 15) is 8.78 Å². The molecule has 2 rings (SSSR count). The number of unbranched alkanes of at least 4 members (excludes halogenated alkanes) is 2. The van der Waals surface area contributed by atoms with Crippen LogP contribution in [0.15, 0.2) is 30.6 Å². The largest absolute Gasteiger partial charge is 0.212 e. The highest BCUT2D eigenvalue weighted by atomic mass is 19.2. The molecule has 0 atom stereocenters. The van der Waals surface area contributed by atoms with E-state index in [0.717, 1.165) is 5.92 Å². The molecule has 0 N–H and O–H groups in total. The number of hydrogen-bond acceptors (Lipinski definition) is 0. The van der Waals surface area contributed by atoms with Gasteiger partial charge in [0, 0.05) is 5.56 Å². The second-order valence-electron chi connectivity index (χ2n) is 6.29. The first-order valence-corrected chi connectivity index (χ1v) is 8.30. The zero-order chi connectivity index (χ0) is 15.1. The third-order valence-corrected chi connectivity index (χ3v) is 4.82. The molecule has 0 heterocycles. The lowest BCUT2D eigenvalue weighted by atomic mass is 9.77. The van der Waals surface area contributed by atoms with E-state index in [1.165, 1.54) is 56.9 Å². The molecule has 0 radical (unpaired) electrons. The minimum absolute atomic E-state index is 0.0243. The van der Waals surface area contributed by atoms with E-state index in [1.54, 1.807) is 12.1 Å². The fourth-order valence-corrected chi connectivity index (χ4v) is 3.44. The lowest BCUT2D eigenvalue weighted by Gasteiger charge is -2.29. The summed E-state index contributed by atoms with van der Waals surface area (Å²) in [7, 11) is 0. The summed E-state index contributed by atoms with van der Waals surface area (Å²) >= 11 is 0. The van der Waals surface area contributed by atoms with Gasteiger partial charge in [-0.15, -0.1) is 0 Å². The first kappa shape index (κ1) is 16.2. The van der Waals surface area contributed by atoms with Crippen molar-refractivity contribution >= 4 is 5.83 Å². The van der Waals surface area contributed by atoms with E-state index in [0.29, 0.717) is 11.5 Å². The van der Waals surface area contributed by atoms with Gasteiger partial charge in [0.1, 0.15) is 6.33 Å². The van der Waals surface area contributed by atoms with Crippen LogP contribution in [0.3, 0.4) is 0 Å². The maximum atomic E-state index is 13.1. The molecule has 1 aliphatic rings. The van der Waals surface area contributed by atoms with E-state index < -0.39 is 5.83 Å². The molecule has 2 heteroatoms. The van der Waals surface area contributed by atoms with Gasteiger partial charge < -0.3 is 0 Å². The summed E-state index contributed by atoms with van der Waals surface area (Å²) in [4.78, 5) is 0. The summed E-state index contributed by atoms with van der Waals surface area (Å²) in [5, 5.41) is 0. The highest BCUT2D eigenvalue weighted by Crippen LogP contribution is 2.38. The van der Waals surface area contributed by atoms with E-state index in [-0.39, 0.29) is 6.33 Å². The molecular weight excluding hydrogens is 266 g/mol. The van der Waals surface area contributed by atoms with Crippen molar-refractivity contribution in [3.05, 3.63) is 41.7 Å². The van der Waals surface area contributed by atoms with Gasteiger partial charge in [-0.25, -0.2) is 8.78 Å². The molecule has 1 saturated carbocycles. The average molecular weight is 292 g/mol. The Balaban J connectivity index is 1.84. The first-order valence-electron chi connectivity index (χ1n) is 8.30. The molecule has 1 aromatic rings. The van der Waals surface area contributed by atoms with Crippen LogP contribution in [0.1, 0.15) is 75.3 Å². The molecule has 0 unspecified atom stereocenters. The molecule has 0 aromatic heterocycles. The number of hydrogen-bond donors (Lipinski definition) is 0. The SMILES string of the molecule is CCCCC[C@H]1CC[C@H](c2ccc(C(F)=CF)cc2)CC1. The zero-order valence-corrected chi connectivity index (χ0v) is 13.0. The van der Waals surface area contributed by atoms with Crippen molar-refractivity contribution < 1.29 is 8.78 Å². The Kier molecular flexibility index (Phi) is 6.41. The van der Waals surface area contributed by atoms with Gasteiger partial charge in [0.15, 0.2) is 5.83 Å². The molecule has 0 spiro atoms. The molecule has 1 aliphatic carbocycles. The zero-order valence-electron chi connectivity index (χ0n) is 13.0. The molecule has 116 valence electrons. The highest BCUT2D eigenvalue weighted by molar-refractivity contribution is 5.58. The van der Waals surface area contributed by atoms with Gasteiger partial charge in [0.2, 0.25) is 0 Å². The Morgan fingerprint density at radius 2 is 1.76 bits per heavy atom. The van der Waals surface area contributed by atoms with E-state index in [2.05, 4.69) is 6.92 Å². The quantitative estimate of drug-likeness (QED) is 0.507. The predicted molar refractivity (Wildman–Crippen MR) is 85.5 cm³/mol. The lowest BCUT2D eigenvalue weighted by Crippen LogP contribution is -2.13. The fourth-order valence-electron chi connectivity index (χ4n) is 3.44. The van der Waals surface area contributed by atoms with Gasteiger partial charge in [0.05, 0.1) is 0 Å². The van der Waals surface area contributed by atoms with Gasteiger partial charge in [-0.1, -0.05) is 56.9 Å². The van der Waals surface area contributed by atoms with Crippen molar-refractivity contribution in [1.29, 1.82) is 0 Å². The Bertz CT molecular complexity index is 439. The molecule has 0 nitrogen and oxygen atoms in total. The third-order valence-electron chi connectivity index (χ3n) is 4.82. The van der Waals surface area contributed by atoms with E-state index in [1.807, 2.05) is 12.1 Å². The average Bonchev–Trinajstić information content (AvgIpc) is 2.55. The molecular formula is C19H26F2. The molecule has 0 bridgehead atoms. The minimum atomic E-state index is -0.791. The van der Waals surface area contributed by atoms with Crippen LogP contribution >= 0.6 is 0 Å². The second-order valence-corrected chi connectivity index (χ2v) is 6.29. The van der Waals surface area contributed by atoms with Crippen LogP contribution in [0.4, 0.5) is 8.78 Å². The molecule has 1 aromatic carbocycles. The van der Waals surface area contributed by atoms with Gasteiger partial charge in [-0.05, 0) is 43.1 Å². The fraction of sp³-hybridized carbons (Fsp3) is 0.579. The summed E-state index contributed by atoms with van der Waals surface area (Å²) in [6.07, 6.45) is 10.5. The summed E-state index contributed by atoms with van der Waals surface area (Å²) in [6, 6.07) is 7.29. The highest BCUT2D eigenvalue weighted by Gasteiger charge is 2.22. The van der Waals surface area contributed by atoms with E-state index in [4.69, 9.17) is 0 Å². The number of rotatable bonds is 6. The van der Waals surface area contributed by atoms with Crippen molar-refractivity contribution in [1.82, 2.24) is 0 Å². The Hall–Kier alpha value is -1.18. The van der Waals surface area contributed by atoms with Crippen LogP contribution < -0.4 is 0 Å². The standard InChI is InChI=1S/C19H26F2/c1-2-3-4-5-15-6-8-16(9-7-15)17-10-12-18(13-11-17)19(21)14-20/h10-16H,2-9H2,1H3/t15-,16-. The van der Waals surface area contributed by atoms with Gasteiger partial charge in [0.25, 0.3) is 0 Å². The maximum absolute atomic E-state index is 13.1. The molecule has 21 heavy (non-hydrogen) atoms. The second kappa shape index (κ2) is 8.31.